The summed E-state index contributed by atoms with van der Waals surface area (Å²) < 4.78 is 6.38. The van der Waals surface area contributed by atoms with Crippen molar-refractivity contribution < 1.29 is 4.74 Å². The Bertz CT molecular complexity index is 511. The molecule has 0 radical (unpaired) electrons. The van der Waals surface area contributed by atoms with Crippen LogP contribution in [0.2, 0.25) is 0 Å². The first-order valence-electron chi connectivity index (χ1n) is 5.14. The summed E-state index contributed by atoms with van der Waals surface area (Å²) in [4.78, 5) is 0. The molecule has 0 aromatic heterocycles. The van der Waals surface area contributed by atoms with Gasteiger partial charge in [0.2, 0.25) is 0 Å². The highest BCUT2D eigenvalue weighted by atomic mass is 127. The van der Waals surface area contributed by atoms with Crippen LogP contribution in [-0.2, 0) is 0 Å². The van der Waals surface area contributed by atoms with Gasteiger partial charge in [-0.25, -0.2) is 0 Å². The lowest BCUT2D eigenvalue weighted by Gasteiger charge is -2.09. The molecule has 88 valence electrons. The zero-order valence-corrected chi connectivity index (χ0v) is 11.6. The Hall–Kier alpha value is -1.43. The largest absolute Gasteiger partial charge is 0.497 e. The van der Waals surface area contributed by atoms with Crippen molar-refractivity contribution in [1.82, 2.24) is 0 Å². The molecule has 3 N–H and O–H groups in total. The van der Waals surface area contributed by atoms with Crippen LogP contribution in [-0.4, -0.2) is 7.11 Å². The molecule has 0 bridgehead atoms. The highest BCUT2D eigenvalue weighted by Gasteiger charge is 1.99. The molecular formula is C13H13IN2O. The van der Waals surface area contributed by atoms with Gasteiger partial charge in [-0.3, -0.25) is 0 Å². The minimum atomic E-state index is 0.678. The van der Waals surface area contributed by atoms with Gasteiger partial charge in [0, 0.05) is 32.8 Å². The summed E-state index contributed by atoms with van der Waals surface area (Å²) >= 11 is 2.28. The van der Waals surface area contributed by atoms with Crippen LogP contribution in [0.25, 0.3) is 0 Å². The normalized spacial score (nSPS) is 10.0. The van der Waals surface area contributed by atoms with Crippen molar-refractivity contribution in [1.29, 1.82) is 0 Å². The second-order valence-corrected chi connectivity index (χ2v) is 4.87. The third-order valence-corrected chi connectivity index (χ3v) is 3.02. The predicted molar refractivity (Wildman–Crippen MR) is 79.8 cm³/mol. The van der Waals surface area contributed by atoms with Crippen molar-refractivity contribution in [3.8, 4) is 5.75 Å². The number of rotatable bonds is 3. The molecule has 3 nitrogen and oxygen atoms in total. The van der Waals surface area contributed by atoms with Crippen LogP contribution in [0.3, 0.4) is 0 Å². The molecule has 0 saturated heterocycles. The summed E-state index contributed by atoms with van der Waals surface area (Å²) in [5.74, 6) is 0.748. The van der Waals surface area contributed by atoms with Crippen molar-refractivity contribution >= 4 is 39.7 Å². The average Bonchev–Trinajstić information content (AvgIpc) is 2.31. The molecule has 0 amide bonds. The maximum Gasteiger partial charge on any atom is 0.122 e. The first-order valence-corrected chi connectivity index (χ1v) is 6.22. The quantitative estimate of drug-likeness (QED) is 0.663. The van der Waals surface area contributed by atoms with Gasteiger partial charge < -0.3 is 15.8 Å². The van der Waals surface area contributed by atoms with Crippen LogP contribution in [0.5, 0.6) is 5.75 Å². The molecule has 2 rings (SSSR count). The average molecular weight is 340 g/mol. The summed E-state index contributed by atoms with van der Waals surface area (Å²) in [5.41, 5.74) is 8.42. The number of halogens is 1. The fourth-order valence-electron chi connectivity index (χ4n) is 1.51. The number of nitrogen functional groups attached to an aromatic ring is 1. The van der Waals surface area contributed by atoms with Crippen LogP contribution >= 0.6 is 22.6 Å². The first-order chi connectivity index (χ1) is 8.17. The van der Waals surface area contributed by atoms with Crippen LogP contribution in [0.15, 0.2) is 42.5 Å². The molecule has 0 atom stereocenters. The minimum Gasteiger partial charge on any atom is -0.497 e. The molecule has 0 aliphatic carbocycles. The van der Waals surface area contributed by atoms with Gasteiger partial charge in [-0.1, -0.05) is 0 Å². The molecule has 2 aromatic rings. The van der Waals surface area contributed by atoms with Crippen LogP contribution in [0, 0.1) is 3.57 Å². The molecule has 0 aliphatic heterocycles. The molecule has 0 saturated carbocycles. The Morgan fingerprint density at radius 2 is 1.76 bits per heavy atom. The zero-order valence-electron chi connectivity index (χ0n) is 9.41. The van der Waals surface area contributed by atoms with E-state index in [1.54, 1.807) is 13.2 Å². The second-order valence-electron chi connectivity index (χ2n) is 3.63. The van der Waals surface area contributed by atoms with Gasteiger partial charge in [0.15, 0.2) is 0 Å². The number of nitrogens with one attached hydrogen (secondary N) is 1. The molecule has 17 heavy (non-hydrogen) atoms. The van der Waals surface area contributed by atoms with Crippen molar-refractivity contribution in [3.63, 3.8) is 0 Å². The summed E-state index contributed by atoms with van der Waals surface area (Å²) in [5, 5.41) is 3.28. The Balaban J connectivity index is 2.23. The van der Waals surface area contributed by atoms with Crippen molar-refractivity contribution in [2.24, 2.45) is 0 Å². The van der Waals surface area contributed by atoms with E-state index < -0.39 is 0 Å². The highest BCUT2D eigenvalue weighted by molar-refractivity contribution is 14.1. The van der Waals surface area contributed by atoms with E-state index in [4.69, 9.17) is 10.5 Å². The third-order valence-electron chi connectivity index (χ3n) is 2.30. The Kier molecular flexibility index (Phi) is 3.73. The lowest BCUT2D eigenvalue weighted by molar-refractivity contribution is 0.415. The number of benzene rings is 2. The second kappa shape index (κ2) is 5.27. The smallest absolute Gasteiger partial charge is 0.122 e. The van der Waals surface area contributed by atoms with Crippen molar-refractivity contribution in [2.45, 2.75) is 0 Å². The molecule has 0 unspecified atom stereocenters. The number of methoxy groups -OCH3 is 1. The monoisotopic (exact) mass is 340 g/mol. The van der Waals surface area contributed by atoms with Crippen molar-refractivity contribution in [2.75, 3.05) is 18.2 Å². The molecular weight excluding hydrogens is 327 g/mol. The standard InChI is InChI=1S/C13H13IN2O/c1-17-13-7-10(15)6-12(8-13)16-11-4-2-9(14)3-5-11/h2-8,16H,15H2,1H3. The zero-order chi connectivity index (χ0) is 12.3. The van der Waals surface area contributed by atoms with Gasteiger partial charge in [0.05, 0.1) is 7.11 Å². The molecule has 0 aliphatic rings. The van der Waals surface area contributed by atoms with Gasteiger partial charge >= 0.3 is 0 Å². The fraction of sp³-hybridized carbons (Fsp3) is 0.0769. The van der Waals surface area contributed by atoms with Crippen LogP contribution in [0.1, 0.15) is 0 Å². The van der Waals surface area contributed by atoms with E-state index in [2.05, 4.69) is 27.9 Å². The summed E-state index contributed by atoms with van der Waals surface area (Å²) in [6.45, 7) is 0. The van der Waals surface area contributed by atoms with Crippen molar-refractivity contribution in [3.05, 3.63) is 46.0 Å². The minimum absolute atomic E-state index is 0.678. The maximum atomic E-state index is 5.79. The maximum absolute atomic E-state index is 5.79. The Morgan fingerprint density at radius 3 is 2.41 bits per heavy atom. The summed E-state index contributed by atoms with van der Waals surface area (Å²) in [6.07, 6.45) is 0. The van der Waals surface area contributed by atoms with Crippen LogP contribution in [0.4, 0.5) is 17.1 Å². The van der Waals surface area contributed by atoms with Gasteiger partial charge in [-0.15, -0.1) is 0 Å². The van der Waals surface area contributed by atoms with Gasteiger partial charge in [-0.05, 0) is 52.9 Å². The molecule has 2 aromatic carbocycles. The predicted octanol–water partition coefficient (Wildman–Crippen LogP) is 3.63. The molecule has 0 spiro atoms. The van der Waals surface area contributed by atoms with E-state index in [9.17, 15) is 0 Å². The van der Waals surface area contributed by atoms with E-state index in [-0.39, 0.29) is 0 Å². The first kappa shape index (κ1) is 12.0. The van der Waals surface area contributed by atoms with Gasteiger partial charge in [0.25, 0.3) is 0 Å². The Labute approximate surface area is 114 Å². The molecule has 0 heterocycles. The topological polar surface area (TPSA) is 47.3 Å². The number of ether oxygens (including phenoxy) is 1. The van der Waals surface area contributed by atoms with E-state index in [1.807, 2.05) is 36.4 Å². The molecule has 4 heteroatoms. The SMILES string of the molecule is COc1cc(N)cc(Nc2ccc(I)cc2)c1. The third kappa shape index (κ3) is 3.26. The highest BCUT2D eigenvalue weighted by Crippen LogP contribution is 2.25. The lowest BCUT2D eigenvalue weighted by atomic mass is 10.2. The van der Waals surface area contributed by atoms with E-state index in [0.29, 0.717) is 5.69 Å². The summed E-state index contributed by atoms with van der Waals surface area (Å²) in [7, 11) is 1.63. The van der Waals surface area contributed by atoms with E-state index in [0.717, 1.165) is 17.1 Å². The van der Waals surface area contributed by atoms with Gasteiger partial charge in [0.1, 0.15) is 5.75 Å². The number of anilines is 3. The lowest BCUT2D eigenvalue weighted by Crippen LogP contribution is -1.94. The molecule has 0 fully saturated rings. The number of nitrogens with two attached hydrogens (primary N) is 1. The van der Waals surface area contributed by atoms with E-state index >= 15 is 0 Å². The van der Waals surface area contributed by atoms with E-state index in [1.165, 1.54) is 3.57 Å². The van der Waals surface area contributed by atoms with Crippen LogP contribution < -0.4 is 15.8 Å². The van der Waals surface area contributed by atoms with Gasteiger partial charge in [-0.2, -0.15) is 0 Å². The number of hydrogen-bond acceptors (Lipinski definition) is 3. The summed E-state index contributed by atoms with van der Waals surface area (Å²) in [6, 6.07) is 13.7. The fourth-order valence-corrected chi connectivity index (χ4v) is 1.87. The Morgan fingerprint density at radius 1 is 1.06 bits per heavy atom. The number of hydrogen-bond donors (Lipinski definition) is 2.